The zero-order chi connectivity index (χ0) is 12.2. The van der Waals surface area contributed by atoms with Gasteiger partial charge in [0, 0.05) is 11.9 Å². The van der Waals surface area contributed by atoms with E-state index in [4.69, 9.17) is 5.11 Å². The first-order valence-electron chi connectivity index (χ1n) is 5.31. The van der Waals surface area contributed by atoms with Gasteiger partial charge in [0.2, 0.25) is 0 Å². The van der Waals surface area contributed by atoms with Gasteiger partial charge in [-0.2, -0.15) is 0 Å². The van der Waals surface area contributed by atoms with Crippen LogP contribution in [-0.4, -0.2) is 32.1 Å². The summed E-state index contributed by atoms with van der Waals surface area (Å²) in [5, 5.41) is 28.0. The fraction of sp³-hybridized carbons (Fsp3) is 0.545. The smallest absolute Gasteiger partial charge is 0.364 e. The molecule has 0 spiro atoms. The second-order valence-corrected chi connectivity index (χ2v) is 3.85. The topological polar surface area (TPSA) is 93.5 Å². The zero-order valence-corrected chi connectivity index (χ0v) is 9.18. The van der Waals surface area contributed by atoms with E-state index in [9.17, 15) is 15.0 Å². The van der Waals surface area contributed by atoms with Crippen molar-refractivity contribution in [2.24, 2.45) is 0 Å². The fourth-order valence-electron chi connectivity index (χ4n) is 1.69. The van der Waals surface area contributed by atoms with Crippen molar-refractivity contribution >= 4 is 5.97 Å². The van der Waals surface area contributed by atoms with E-state index in [1.165, 1.54) is 0 Å². The van der Waals surface area contributed by atoms with Crippen molar-refractivity contribution < 1.29 is 20.1 Å². The van der Waals surface area contributed by atoms with Crippen LogP contribution >= 0.6 is 0 Å². The van der Waals surface area contributed by atoms with Gasteiger partial charge < -0.3 is 20.3 Å². The van der Waals surface area contributed by atoms with Gasteiger partial charge in [-0.05, 0) is 18.6 Å². The first-order chi connectivity index (χ1) is 7.50. The Morgan fingerprint density at radius 3 is 2.69 bits per heavy atom. The molecule has 0 amide bonds. The number of rotatable bonds is 6. The predicted octanol–water partition coefficient (Wildman–Crippen LogP) is 1.05. The maximum atomic E-state index is 10.8. The molecular formula is C11H17NO4. The molecular weight excluding hydrogens is 210 g/mol. The monoisotopic (exact) mass is 227 g/mol. The molecule has 5 nitrogen and oxygen atoms in total. The molecule has 1 unspecified atom stereocenters. The van der Waals surface area contributed by atoms with Crippen LogP contribution in [0.5, 0.6) is 0 Å². The SMILES string of the molecule is CCCCC(c1ccc[nH]1)C(O)(O)C(=O)O. The van der Waals surface area contributed by atoms with Gasteiger partial charge in [0.25, 0.3) is 5.79 Å². The van der Waals surface area contributed by atoms with Crippen LogP contribution in [0.4, 0.5) is 0 Å². The second-order valence-electron chi connectivity index (χ2n) is 3.85. The molecule has 4 N–H and O–H groups in total. The molecule has 0 aliphatic rings. The highest BCUT2D eigenvalue weighted by molar-refractivity contribution is 5.76. The van der Waals surface area contributed by atoms with Crippen LogP contribution in [-0.2, 0) is 4.79 Å². The molecule has 1 rings (SSSR count). The molecule has 1 heterocycles. The quantitative estimate of drug-likeness (QED) is 0.546. The van der Waals surface area contributed by atoms with E-state index < -0.39 is 17.7 Å². The number of H-pyrrole nitrogens is 1. The van der Waals surface area contributed by atoms with Crippen molar-refractivity contribution in [1.29, 1.82) is 0 Å². The Hall–Kier alpha value is -1.33. The third-order valence-electron chi connectivity index (χ3n) is 2.64. The zero-order valence-electron chi connectivity index (χ0n) is 9.18. The number of nitrogens with one attached hydrogen (secondary N) is 1. The van der Waals surface area contributed by atoms with Crippen LogP contribution in [0.25, 0.3) is 0 Å². The van der Waals surface area contributed by atoms with Crippen LogP contribution in [0.15, 0.2) is 18.3 Å². The van der Waals surface area contributed by atoms with Gasteiger partial charge in [-0.25, -0.2) is 4.79 Å². The number of aliphatic carboxylic acids is 1. The minimum Gasteiger partial charge on any atom is -0.477 e. The average Bonchev–Trinajstić information content (AvgIpc) is 2.71. The number of aromatic nitrogens is 1. The minimum atomic E-state index is -2.72. The number of unbranched alkanes of at least 4 members (excludes halogenated alkanes) is 1. The van der Waals surface area contributed by atoms with E-state index in [-0.39, 0.29) is 0 Å². The number of carboxylic acid groups (broad SMARTS) is 1. The van der Waals surface area contributed by atoms with Crippen molar-refractivity contribution in [3.63, 3.8) is 0 Å². The largest absolute Gasteiger partial charge is 0.477 e. The molecule has 1 aromatic heterocycles. The highest BCUT2D eigenvalue weighted by Gasteiger charge is 2.43. The number of hydrogen-bond acceptors (Lipinski definition) is 3. The number of carbonyl (C=O) groups is 1. The third-order valence-corrected chi connectivity index (χ3v) is 2.64. The van der Waals surface area contributed by atoms with Crippen LogP contribution in [0.3, 0.4) is 0 Å². The maximum absolute atomic E-state index is 10.8. The molecule has 0 saturated heterocycles. The number of hydrogen-bond donors (Lipinski definition) is 4. The first-order valence-corrected chi connectivity index (χ1v) is 5.31. The first kappa shape index (κ1) is 12.7. The van der Waals surface area contributed by atoms with Crippen molar-refractivity contribution in [2.45, 2.75) is 37.9 Å². The van der Waals surface area contributed by atoms with Crippen molar-refractivity contribution in [1.82, 2.24) is 4.98 Å². The fourth-order valence-corrected chi connectivity index (χ4v) is 1.69. The Morgan fingerprint density at radius 1 is 1.56 bits per heavy atom. The molecule has 5 heteroatoms. The molecule has 1 aromatic rings. The molecule has 90 valence electrons. The molecule has 0 saturated carbocycles. The summed E-state index contributed by atoms with van der Waals surface area (Å²) in [4.78, 5) is 13.6. The van der Waals surface area contributed by atoms with E-state index >= 15 is 0 Å². The van der Waals surface area contributed by atoms with Gasteiger partial charge in [-0.1, -0.05) is 19.8 Å². The van der Waals surface area contributed by atoms with Gasteiger partial charge in [0.05, 0.1) is 5.92 Å². The van der Waals surface area contributed by atoms with Crippen LogP contribution < -0.4 is 0 Å². The lowest BCUT2D eigenvalue weighted by atomic mass is 9.90. The van der Waals surface area contributed by atoms with Crippen LogP contribution in [0, 0.1) is 0 Å². The lowest BCUT2D eigenvalue weighted by Crippen LogP contribution is -2.44. The summed E-state index contributed by atoms with van der Waals surface area (Å²) < 4.78 is 0. The van der Waals surface area contributed by atoms with Gasteiger partial charge >= 0.3 is 5.97 Å². The normalized spacial score (nSPS) is 13.7. The Kier molecular flexibility index (Phi) is 4.09. The molecule has 0 aliphatic carbocycles. The van der Waals surface area contributed by atoms with Crippen LogP contribution in [0.1, 0.15) is 37.8 Å². The molecule has 0 radical (unpaired) electrons. The van der Waals surface area contributed by atoms with Crippen molar-refractivity contribution in [3.8, 4) is 0 Å². The second kappa shape index (κ2) is 5.14. The molecule has 0 aliphatic heterocycles. The maximum Gasteiger partial charge on any atom is 0.364 e. The standard InChI is InChI=1S/C11H17NO4/c1-2-3-5-8(9-6-4-7-12-9)11(15,16)10(13)14/h4,6-8,12,15-16H,2-3,5H2,1H3,(H,13,14). The summed E-state index contributed by atoms with van der Waals surface area (Å²) in [5.41, 5.74) is 0.529. The van der Waals surface area contributed by atoms with Crippen molar-refractivity contribution in [3.05, 3.63) is 24.0 Å². The molecule has 0 fully saturated rings. The minimum absolute atomic E-state index is 0.413. The Labute approximate surface area is 93.7 Å². The number of carboxylic acids is 1. The van der Waals surface area contributed by atoms with Crippen LogP contribution in [0.2, 0.25) is 0 Å². The molecule has 16 heavy (non-hydrogen) atoms. The van der Waals surface area contributed by atoms with E-state index in [0.29, 0.717) is 12.1 Å². The Balaban J connectivity index is 2.91. The van der Waals surface area contributed by atoms with E-state index in [1.54, 1.807) is 18.3 Å². The molecule has 1 atom stereocenters. The summed E-state index contributed by atoms with van der Waals surface area (Å²) in [6.07, 6.45) is 3.65. The summed E-state index contributed by atoms with van der Waals surface area (Å²) in [7, 11) is 0. The van der Waals surface area contributed by atoms with Gasteiger partial charge in [-0.15, -0.1) is 0 Å². The van der Waals surface area contributed by atoms with E-state index in [0.717, 1.165) is 12.8 Å². The lowest BCUT2D eigenvalue weighted by Gasteiger charge is -2.26. The van der Waals surface area contributed by atoms with E-state index in [1.807, 2.05) is 6.92 Å². The predicted molar refractivity (Wildman–Crippen MR) is 57.9 cm³/mol. The van der Waals surface area contributed by atoms with Gasteiger partial charge in [0.1, 0.15) is 0 Å². The number of aromatic amines is 1. The summed E-state index contributed by atoms with van der Waals surface area (Å²) >= 11 is 0. The highest BCUT2D eigenvalue weighted by Crippen LogP contribution is 2.30. The Bertz CT molecular complexity index is 332. The third kappa shape index (κ3) is 2.62. The molecule has 0 bridgehead atoms. The number of aliphatic hydroxyl groups is 2. The lowest BCUT2D eigenvalue weighted by molar-refractivity contribution is -0.212. The Morgan fingerprint density at radius 2 is 2.25 bits per heavy atom. The molecule has 0 aromatic carbocycles. The summed E-state index contributed by atoms with van der Waals surface area (Å²) in [6, 6.07) is 3.36. The average molecular weight is 227 g/mol. The van der Waals surface area contributed by atoms with Crippen molar-refractivity contribution in [2.75, 3.05) is 0 Å². The van der Waals surface area contributed by atoms with Gasteiger partial charge in [0.15, 0.2) is 0 Å². The summed E-state index contributed by atoms with van der Waals surface area (Å²) in [5.74, 6) is -5.18. The van der Waals surface area contributed by atoms with Gasteiger partial charge in [-0.3, -0.25) is 0 Å². The summed E-state index contributed by atoms with van der Waals surface area (Å²) in [6.45, 7) is 1.96. The highest BCUT2D eigenvalue weighted by atomic mass is 16.5. The van der Waals surface area contributed by atoms with E-state index in [2.05, 4.69) is 4.98 Å².